The number of carbonyl (C=O) groups excluding carboxylic acids is 1. The SMILES string of the molecule is O=C(C=Cc1ccc(Cl)cc1Cl)Nc1nc(-c2ccc(S(=O)(=O)N3CCCC3)cc2)cs1. The molecule has 1 saturated heterocycles. The number of thiazole rings is 1. The maximum Gasteiger partial charge on any atom is 0.250 e. The molecule has 0 aliphatic carbocycles. The van der Waals surface area contributed by atoms with Crippen LogP contribution < -0.4 is 5.32 Å². The third-order valence-electron chi connectivity index (χ3n) is 4.96. The summed E-state index contributed by atoms with van der Waals surface area (Å²) in [7, 11) is -3.45. The fraction of sp³-hybridized carbons (Fsp3) is 0.182. The second-order valence-corrected chi connectivity index (χ2v) is 10.8. The summed E-state index contributed by atoms with van der Waals surface area (Å²) in [5.74, 6) is -0.344. The van der Waals surface area contributed by atoms with E-state index in [1.807, 2.05) is 0 Å². The van der Waals surface area contributed by atoms with Crippen LogP contribution in [0.4, 0.5) is 5.13 Å². The summed E-state index contributed by atoms with van der Waals surface area (Å²) in [5, 5.41) is 5.93. The molecule has 1 N–H and O–H groups in total. The number of amides is 1. The van der Waals surface area contributed by atoms with Gasteiger partial charge in [-0.05, 0) is 48.7 Å². The maximum absolute atomic E-state index is 12.7. The van der Waals surface area contributed by atoms with Crippen molar-refractivity contribution in [2.45, 2.75) is 17.7 Å². The first-order valence-corrected chi connectivity index (χ1v) is 12.9. The van der Waals surface area contributed by atoms with Gasteiger partial charge in [0.05, 0.1) is 10.6 Å². The predicted octanol–water partition coefficient (Wildman–Crippen LogP) is 5.55. The molecule has 6 nitrogen and oxygen atoms in total. The van der Waals surface area contributed by atoms with Gasteiger partial charge in [0.15, 0.2) is 5.13 Å². The fourth-order valence-corrected chi connectivity index (χ4v) is 6.00. The number of rotatable bonds is 6. The number of nitrogens with zero attached hydrogens (tertiary/aromatic N) is 2. The number of aromatic nitrogens is 1. The van der Waals surface area contributed by atoms with Crippen LogP contribution in [0.15, 0.2) is 58.8 Å². The predicted molar refractivity (Wildman–Crippen MR) is 130 cm³/mol. The topological polar surface area (TPSA) is 79.4 Å². The Balaban J connectivity index is 1.42. The molecule has 0 radical (unpaired) electrons. The molecular formula is C22H19Cl2N3O3S2. The lowest BCUT2D eigenvalue weighted by atomic mass is 10.2. The van der Waals surface area contributed by atoms with Gasteiger partial charge in [-0.1, -0.05) is 41.4 Å². The monoisotopic (exact) mass is 507 g/mol. The van der Waals surface area contributed by atoms with Crippen LogP contribution in [-0.2, 0) is 14.8 Å². The number of hydrogen-bond donors (Lipinski definition) is 1. The third-order valence-corrected chi connectivity index (χ3v) is 8.20. The van der Waals surface area contributed by atoms with Crippen molar-refractivity contribution in [2.75, 3.05) is 18.4 Å². The molecule has 1 amide bonds. The fourth-order valence-electron chi connectivity index (χ4n) is 3.29. The van der Waals surface area contributed by atoms with E-state index in [-0.39, 0.29) is 10.8 Å². The smallest absolute Gasteiger partial charge is 0.250 e. The first-order chi connectivity index (χ1) is 15.3. The molecular weight excluding hydrogens is 489 g/mol. The summed E-state index contributed by atoms with van der Waals surface area (Å²) >= 11 is 13.3. The molecule has 1 aliphatic heterocycles. The van der Waals surface area contributed by atoms with E-state index in [4.69, 9.17) is 23.2 Å². The molecule has 166 valence electrons. The van der Waals surface area contributed by atoms with Gasteiger partial charge in [0.2, 0.25) is 15.9 Å². The van der Waals surface area contributed by atoms with Gasteiger partial charge in [-0.3, -0.25) is 10.1 Å². The highest BCUT2D eigenvalue weighted by atomic mass is 35.5. The number of halogens is 2. The molecule has 0 bridgehead atoms. The van der Waals surface area contributed by atoms with Gasteiger partial charge in [0, 0.05) is 40.2 Å². The second kappa shape index (κ2) is 9.72. The summed E-state index contributed by atoms with van der Waals surface area (Å²) in [4.78, 5) is 16.9. The van der Waals surface area contributed by atoms with Crippen LogP contribution in [0.5, 0.6) is 0 Å². The van der Waals surface area contributed by atoms with E-state index in [0.717, 1.165) is 18.4 Å². The minimum atomic E-state index is -3.45. The lowest BCUT2D eigenvalue weighted by molar-refractivity contribution is -0.111. The number of carbonyl (C=O) groups is 1. The largest absolute Gasteiger partial charge is 0.298 e. The Morgan fingerprint density at radius 3 is 2.50 bits per heavy atom. The molecule has 2 heterocycles. The average molecular weight is 508 g/mol. The van der Waals surface area contributed by atoms with Crippen molar-refractivity contribution in [3.8, 4) is 11.3 Å². The standard InChI is InChI=1S/C22H19Cl2N3O3S2/c23-17-7-3-15(19(24)13-17)6-10-21(28)26-22-25-20(14-31-22)16-4-8-18(9-5-16)32(29,30)27-11-1-2-12-27/h3-10,13-14H,1-2,11-12H2,(H,25,26,28). The summed E-state index contributed by atoms with van der Waals surface area (Å²) < 4.78 is 26.8. The third kappa shape index (κ3) is 5.22. The number of sulfonamides is 1. The number of hydrogen-bond acceptors (Lipinski definition) is 5. The van der Waals surface area contributed by atoms with Crippen molar-refractivity contribution >= 4 is 61.7 Å². The Hall–Kier alpha value is -2.23. The van der Waals surface area contributed by atoms with E-state index < -0.39 is 10.0 Å². The van der Waals surface area contributed by atoms with Gasteiger partial charge < -0.3 is 0 Å². The lowest BCUT2D eigenvalue weighted by Gasteiger charge is -2.15. The Bertz CT molecular complexity index is 1270. The molecule has 2 aromatic carbocycles. The maximum atomic E-state index is 12.7. The summed E-state index contributed by atoms with van der Waals surface area (Å²) in [5.41, 5.74) is 2.10. The Morgan fingerprint density at radius 1 is 1.09 bits per heavy atom. The quantitative estimate of drug-likeness (QED) is 0.443. The van der Waals surface area contributed by atoms with E-state index in [2.05, 4.69) is 10.3 Å². The summed E-state index contributed by atoms with van der Waals surface area (Å²) in [6, 6.07) is 11.7. The minimum absolute atomic E-state index is 0.276. The van der Waals surface area contributed by atoms with Gasteiger partial charge in [0.1, 0.15) is 0 Å². The van der Waals surface area contributed by atoms with Gasteiger partial charge in [0.25, 0.3) is 0 Å². The van der Waals surface area contributed by atoms with E-state index in [9.17, 15) is 13.2 Å². The molecule has 1 aliphatic rings. The van der Waals surface area contributed by atoms with Crippen molar-refractivity contribution in [2.24, 2.45) is 0 Å². The summed E-state index contributed by atoms with van der Waals surface area (Å²) in [6.45, 7) is 1.13. The van der Waals surface area contributed by atoms with Crippen LogP contribution in [0.3, 0.4) is 0 Å². The normalized spacial score (nSPS) is 14.8. The van der Waals surface area contributed by atoms with Crippen molar-refractivity contribution in [1.82, 2.24) is 9.29 Å². The second-order valence-electron chi connectivity index (χ2n) is 7.16. The van der Waals surface area contributed by atoms with Crippen LogP contribution in [0.2, 0.25) is 10.0 Å². The lowest BCUT2D eigenvalue weighted by Crippen LogP contribution is -2.27. The van der Waals surface area contributed by atoms with E-state index >= 15 is 0 Å². The van der Waals surface area contributed by atoms with Crippen molar-refractivity contribution in [3.63, 3.8) is 0 Å². The Labute approximate surface area is 200 Å². The van der Waals surface area contributed by atoms with E-state index in [0.29, 0.717) is 39.5 Å². The van der Waals surface area contributed by atoms with Crippen molar-refractivity contribution in [3.05, 3.63) is 69.5 Å². The molecule has 0 saturated carbocycles. The van der Waals surface area contributed by atoms with Gasteiger partial charge in [-0.25, -0.2) is 13.4 Å². The highest BCUT2D eigenvalue weighted by Crippen LogP contribution is 2.28. The van der Waals surface area contributed by atoms with Crippen LogP contribution in [-0.4, -0.2) is 36.7 Å². The highest BCUT2D eigenvalue weighted by Gasteiger charge is 2.27. The van der Waals surface area contributed by atoms with Gasteiger partial charge in [-0.2, -0.15) is 4.31 Å². The molecule has 0 unspecified atom stereocenters. The van der Waals surface area contributed by atoms with Crippen LogP contribution >= 0.6 is 34.5 Å². The first kappa shape index (κ1) is 22.9. The minimum Gasteiger partial charge on any atom is -0.298 e. The van der Waals surface area contributed by atoms with Crippen LogP contribution in [0.1, 0.15) is 18.4 Å². The molecule has 0 atom stereocenters. The molecule has 0 spiro atoms. The van der Waals surface area contributed by atoms with Crippen molar-refractivity contribution < 1.29 is 13.2 Å². The number of benzene rings is 2. The molecule has 32 heavy (non-hydrogen) atoms. The Kier molecular flexibility index (Phi) is 6.97. The highest BCUT2D eigenvalue weighted by molar-refractivity contribution is 7.89. The van der Waals surface area contributed by atoms with Gasteiger partial charge >= 0.3 is 0 Å². The zero-order valence-electron chi connectivity index (χ0n) is 16.8. The molecule has 10 heteroatoms. The zero-order valence-corrected chi connectivity index (χ0v) is 19.9. The van der Waals surface area contributed by atoms with Crippen molar-refractivity contribution in [1.29, 1.82) is 0 Å². The first-order valence-electron chi connectivity index (χ1n) is 9.83. The zero-order chi connectivity index (χ0) is 22.7. The number of anilines is 1. The Morgan fingerprint density at radius 2 is 1.81 bits per heavy atom. The number of nitrogens with one attached hydrogen (secondary N) is 1. The summed E-state index contributed by atoms with van der Waals surface area (Å²) in [6.07, 6.45) is 4.76. The molecule has 4 rings (SSSR count). The van der Waals surface area contributed by atoms with Gasteiger partial charge in [-0.15, -0.1) is 11.3 Å². The molecule has 1 aromatic heterocycles. The molecule has 3 aromatic rings. The average Bonchev–Trinajstić information content (AvgIpc) is 3.46. The van der Waals surface area contributed by atoms with E-state index in [1.54, 1.807) is 53.9 Å². The molecule has 1 fully saturated rings. The van der Waals surface area contributed by atoms with Crippen LogP contribution in [0, 0.1) is 0 Å². The van der Waals surface area contributed by atoms with Crippen LogP contribution in [0.25, 0.3) is 17.3 Å². The van der Waals surface area contributed by atoms with E-state index in [1.165, 1.54) is 21.7 Å².